The van der Waals surface area contributed by atoms with Crippen LogP contribution >= 0.6 is 22.9 Å². The Morgan fingerprint density at radius 3 is 2.69 bits per heavy atom. The van der Waals surface area contributed by atoms with E-state index < -0.39 is 0 Å². The summed E-state index contributed by atoms with van der Waals surface area (Å²) in [6.45, 7) is 1.39. The first-order valence-electron chi connectivity index (χ1n) is 11.4. The highest BCUT2D eigenvalue weighted by atomic mass is 35.5. The van der Waals surface area contributed by atoms with E-state index in [1.807, 2.05) is 30.5 Å². The van der Waals surface area contributed by atoms with E-state index in [9.17, 15) is 14.7 Å². The van der Waals surface area contributed by atoms with Crippen molar-refractivity contribution in [3.63, 3.8) is 0 Å². The molecular formula is C25H24ClN5O3S. The van der Waals surface area contributed by atoms with E-state index in [-0.39, 0.29) is 17.4 Å². The second-order valence-corrected chi connectivity index (χ2v) is 10.2. The maximum absolute atomic E-state index is 12.4. The van der Waals surface area contributed by atoms with Gasteiger partial charge in [-0.15, -0.1) is 16.4 Å². The van der Waals surface area contributed by atoms with Gasteiger partial charge >= 0.3 is 0 Å². The Labute approximate surface area is 211 Å². The lowest BCUT2D eigenvalue weighted by atomic mass is 10.1. The summed E-state index contributed by atoms with van der Waals surface area (Å²) in [4.78, 5) is 27.7. The molecule has 3 aromatic heterocycles. The van der Waals surface area contributed by atoms with Gasteiger partial charge in [0.05, 0.1) is 44.3 Å². The minimum absolute atomic E-state index is 0.0293. The van der Waals surface area contributed by atoms with Crippen LogP contribution in [0, 0.1) is 0 Å². The van der Waals surface area contributed by atoms with Gasteiger partial charge in [-0.2, -0.15) is 0 Å². The number of nitrogens with zero attached hydrogens (tertiary/aromatic N) is 5. The summed E-state index contributed by atoms with van der Waals surface area (Å²) >= 11 is 7.22. The molecule has 35 heavy (non-hydrogen) atoms. The van der Waals surface area contributed by atoms with Crippen LogP contribution in [0.2, 0.25) is 4.34 Å². The van der Waals surface area contributed by atoms with Gasteiger partial charge in [0.2, 0.25) is 0 Å². The molecule has 5 rings (SSSR count). The number of anilines is 1. The van der Waals surface area contributed by atoms with Crippen LogP contribution in [-0.4, -0.2) is 49.6 Å². The van der Waals surface area contributed by atoms with Crippen molar-refractivity contribution in [2.45, 2.75) is 31.8 Å². The number of piperidine rings is 1. The highest BCUT2D eigenvalue weighted by molar-refractivity contribution is 7.18. The lowest BCUT2D eigenvalue weighted by Crippen LogP contribution is -2.36. The average Bonchev–Trinajstić information content (AvgIpc) is 3.52. The second kappa shape index (κ2) is 10.2. The van der Waals surface area contributed by atoms with Gasteiger partial charge in [-0.1, -0.05) is 22.9 Å². The van der Waals surface area contributed by atoms with Crippen molar-refractivity contribution in [3.8, 4) is 11.4 Å². The molecule has 10 heteroatoms. The first kappa shape index (κ1) is 23.5. The molecule has 1 aliphatic heterocycles. The van der Waals surface area contributed by atoms with Crippen molar-refractivity contribution < 1.29 is 9.90 Å². The first-order valence-corrected chi connectivity index (χ1v) is 12.6. The molecule has 4 heterocycles. The van der Waals surface area contributed by atoms with Gasteiger partial charge in [0.25, 0.3) is 5.56 Å². The standard InChI is InChI=1S/C25H24ClN5O3S/c26-24-9-8-23(35-24)22(33)7-4-17-16-31(28-27-17)20-6-5-18(30-12-2-1-3-25(30)34)15-21(20)29-13-10-19(32)11-14-29/h1-3,5-6,8-9,12,15-16,19,32H,4,7,10-11,13-14H2. The van der Waals surface area contributed by atoms with Gasteiger partial charge < -0.3 is 10.0 Å². The normalized spacial score (nSPS) is 14.4. The maximum Gasteiger partial charge on any atom is 0.255 e. The van der Waals surface area contributed by atoms with Crippen LogP contribution in [0.25, 0.3) is 11.4 Å². The number of aliphatic hydroxyl groups is 1. The molecule has 0 aliphatic carbocycles. The van der Waals surface area contributed by atoms with Crippen LogP contribution in [0.5, 0.6) is 0 Å². The molecule has 0 spiro atoms. The molecular weight excluding hydrogens is 486 g/mol. The summed E-state index contributed by atoms with van der Waals surface area (Å²) in [6.07, 6.45) is 5.41. The zero-order valence-electron chi connectivity index (χ0n) is 18.9. The molecule has 0 saturated carbocycles. The first-order chi connectivity index (χ1) is 17.0. The number of thiophene rings is 1. The van der Waals surface area contributed by atoms with E-state index >= 15 is 0 Å². The van der Waals surface area contributed by atoms with E-state index in [2.05, 4.69) is 15.2 Å². The monoisotopic (exact) mass is 509 g/mol. The molecule has 0 bridgehead atoms. The van der Waals surface area contributed by atoms with E-state index in [4.69, 9.17) is 11.6 Å². The van der Waals surface area contributed by atoms with Crippen LogP contribution in [-0.2, 0) is 6.42 Å². The smallest absolute Gasteiger partial charge is 0.255 e. The van der Waals surface area contributed by atoms with E-state index in [0.29, 0.717) is 53.7 Å². The molecule has 1 saturated heterocycles. The highest BCUT2D eigenvalue weighted by Gasteiger charge is 2.22. The largest absolute Gasteiger partial charge is 0.393 e. The number of Topliss-reactive ketones (excluding diaryl/α,β-unsaturated/α-hetero) is 1. The number of ketones is 1. The quantitative estimate of drug-likeness (QED) is 0.380. The molecule has 4 aromatic rings. The Morgan fingerprint density at radius 1 is 1.11 bits per heavy atom. The number of rotatable bonds is 7. The molecule has 0 unspecified atom stereocenters. The Hall–Kier alpha value is -3.27. The van der Waals surface area contributed by atoms with Crippen LogP contribution in [0.15, 0.2) is 65.7 Å². The van der Waals surface area contributed by atoms with Crippen molar-refractivity contribution in [2.24, 2.45) is 0 Å². The number of aromatic nitrogens is 4. The van der Waals surface area contributed by atoms with Crippen molar-refractivity contribution in [1.82, 2.24) is 19.6 Å². The van der Waals surface area contributed by atoms with Gasteiger partial charge in [0, 0.05) is 38.2 Å². The SMILES string of the molecule is O=C(CCc1cn(-c2ccc(-n3ccccc3=O)cc2N2CCC(O)CC2)nn1)c1ccc(Cl)s1. The van der Waals surface area contributed by atoms with Crippen LogP contribution < -0.4 is 10.5 Å². The zero-order valence-corrected chi connectivity index (χ0v) is 20.5. The van der Waals surface area contributed by atoms with Gasteiger partial charge in [-0.3, -0.25) is 14.2 Å². The van der Waals surface area contributed by atoms with Crippen molar-refractivity contribution >= 4 is 34.4 Å². The molecule has 8 nitrogen and oxygen atoms in total. The summed E-state index contributed by atoms with van der Waals surface area (Å²) in [6, 6.07) is 14.3. The van der Waals surface area contributed by atoms with Gasteiger partial charge in [0.15, 0.2) is 5.78 Å². The number of hydrogen-bond donors (Lipinski definition) is 1. The average molecular weight is 510 g/mol. The molecule has 1 N–H and O–H groups in total. The molecule has 0 amide bonds. The number of aryl methyl sites for hydroxylation is 1. The number of carbonyl (C=O) groups excluding carboxylic acids is 1. The van der Waals surface area contributed by atoms with Gasteiger partial charge in [-0.25, -0.2) is 4.68 Å². The van der Waals surface area contributed by atoms with Crippen LogP contribution in [0.4, 0.5) is 5.69 Å². The van der Waals surface area contributed by atoms with Crippen molar-refractivity contribution in [2.75, 3.05) is 18.0 Å². The number of carbonyl (C=O) groups is 1. The Kier molecular flexibility index (Phi) is 6.81. The lowest BCUT2D eigenvalue weighted by Gasteiger charge is -2.33. The topological polar surface area (TPSA) is 93.2 Å². The fourth-order valence-corrected chi connectivity index (χ4v) is 5.23. The highest BCUT2D eigenvalue weighted by Crippen LogP contribution is 2.30. The van der Waals surface area contributed by atoms with Gasteiger partial charge in [0.1, 0.15) is 0 Å². The van der Waals surface area contributed by atoms with Crippen LogP contribution in [0.1, 0.15) is 34.6 Å². The van der Waals surface area contributed by atoms with E-state index in [1.165, 1.54) is 17.4 Å². The van der Waals surface area contributed by atoms with Crippen LogP contribution in [0.3, 0.4) is 0 Å². The number of aliphatic hydroxyl groups excluding tert-OH is 1. The van der Waals surface area contributed by atoms with Crippen molar-refractivity contribution in [3.05, 3.63) is 86.2 Å². The second-order valence-electron chi connectivity index (χ2n) is 8.48. The maximum atomic E-state index is 12.4. The molecule has 1 aromatic carbocycles. The Balaban J connectivity index is 1.42. The predicted molar refractivity (Wildman–Crippen MR) is 136 cm³/mol. The molecule has 180 valence electrons. The van der Waals surface area contributed by atoms with Gasteiger partial charge in [-0.05, 0) is 49.2 Å². The minimum Gasteiger partial charge on any atom is -0.393 e. The zero-order chi connectivity index (χ0) is 24.4. The minimum atomic E-state index is -0.302. The summed E-state index contributed by atoms with van der Waals surface area (Å²) in [5, 5.41) is 18.6. The third kappa shape index (κ3) is 5.22. The molecule has 0 radical (unpaired) electrons. The summed E-state index contributed by atoms with van der Waals surface area (Å²) in [5.41, 5.74) is 3.08. The number of benzene rings is 1. The third-order valence-corrected chi connectivity index (χ3v) is 7.38. The van der Waals surface area contributed by atoms with Crippen molar-refractivity contribution in [1.29, 1.82) is 0 Å². The van der Waals surface area contributed by atoms with E-state index in [1.54, 1.807) is 33.6 Å². The number of hydrogen-bond acceptors (Lipinski definition) is 7. The third-order valence-electron chi connectivity index (χ3n) is 6.11. The number of halogens is 1. The van der Waals surface area contributed by atoms with E-state index in [0.717, 1.165) is 17.1 Å². The summed E-state index contributed by atoms with van der Waals surface area (Å²) in [5.74, 6) is 0.0293. The Morgan fingerprint density at radius 2 is 1.94 bits per heavy atom. The lowest BCUT2D eigenvalue weighted by molar-refractivity contribution is 0.0986. The molecule has 1 fully saturated rings. The predicted octanol–water partition coefficient (Wildman–Crippen LogP) is 3.91. The summed E-state index contributed by atoms with van der Waals surface area (Å²) < 4.78 is 3.90. The fourth-order valence-electron chi connectivity index (χ4n) is 4.22. The summed E-state index contributed by atoms with van der Waals surface area (Å²) in [7, 11) is 0. The Bertz CT molecular complexity index is 1400. The molecule has 0 atom stereocenters. The number of pyridine rings is 1. The fraction of sp³-hybridized carbons (Fsp3) is 0.280. The molecule has 1 aliphatic rings.